The summed E-state index contributed by atoms with van der Waals surface area (Å²) in [6.45, 7) is 6.33. The summed E-state index contributed by atoms with van der Waals surface area (Å²) in [5.41, 5.74) is 4.01. The van der Waals surface area contributed by atoms with E-state index in [1.165, 1.54) is 0 Å². The second-order valence-electron chi connectivity index (χ2n) is 4.24. The summed E-state index contributed by atoms with van der Waals surface area (Å²) < 4.78 is 0. The molecule has 0 aromatic carbocycles. The van der Waals surface area contributed by atoms with Gasteiger partial charge in [-0.1, -0.05) is 0 Å². The Kier molecular flexibility index (Phi) is 3.57. The van der Waals surface area contributed by atoms with Crippen LogP contribution in [0, 0.1) is 20.8 Å². The van der Waals surface area contributed by atoms with Crippen LogP contribution in [0.15, 0.2) is 6.07 Å². The summed E-state index contributed by atoms with van der Waals surface area (Å²) in [6, 6.07) is 1.84. The Morgan fingerprint density at radius 2 is 2.06 bits per heavy atom. The van der Waals surface area contributed by atoms with E-state index in [2.05, 4.69) is 25.5 Å². The predicted octanol–water partition coefficient (Wildman–Crippen LogP) is 1.23. The highest BCUT2D eigenvalue weighted by atomic mass is 16.3. The molecular weight excluding hydrogens is 230 g/mol. The topological polar surface area (TPSA) is 86.7 Å². The predicted molar refractivity (Wildman–Crippen MR) is 68.1 cm³/mol. The number of aromatic nitrogens is 4. The standard InChI is InChI=1S/C12H17N5O/c1-7-4-11(15-12(6-18)14-7)13-5-10-8(2)9(3)16-17-10/h4,18H,5-6H2,1-3H3,(H,16,17)(H,13,14,15). The first-order valence-corrected chi connectivity index (χ1v) is 5.80. The largest absolute Gasteiger partial charge is 0.388 e. The van der Waals surface area contributed by atoms with E-state index < -0.39 is 0 Å². The first kappa shape index (κ1) is 12.5. The van der Waals surface area contributed by atoms with E-state index in [4.69, 9.17) is 5.11 Å². The van der Waals surface area contributed by atoms with Gasteiger partial charge in [0.2, 0.25) is 0 Å². The highest BCUT2D eigenvalue weighted by Gasteiger charge is 2.06. The summed E-state index contributed by atoms with van der Waals surface area (Å²) in [4.78, 5) is 8.30. The van der Waals surface area contributed by atoms with Crippen LogP contribution in [0.2, 0.25) is 0 Å². The first-order chi connectivity index (χ1) is 8.60. The Labute approximate surface area is 105 Å². The van der Waals surface area contributed by atoms with E-state index in [9.17, 15) is 0 Å². The van der Waals surface area contributed by atoms with Crippen molar-refractivity contribution >= 4 is 5.82 Å². The lowest BCUT2D eigenvalue weighted by molar-refractivity contribution is 0.271. The molecule has 0 bridgehead atoms. The van der Waals surface area contributed by atoms with Crippen molar-refractivity contribution < 1.29 is 5.11 Å². The van der Waals surface area contributed by atoms with Crippen molar-refractivity contribution in [3.8, 4) is 0 Å². The summed E-state index contributed by atoms with van der Waals surface area (Å²) in [7, 11) is 0. The quantitative estimate of drug-likeness (QED) is 0.756. The van der Waals surface area contributed by atoms with Gasteiger partial charge in [-0.15, -0.1) is 0 Å². The minimum atomic E-state index is -0.156. The third-order valence-corrected chi connectivity index (χ3v) is 2.83. The number of nitrogens with one attached hydrogen (secondary N) is 2. The van der Waals surface area contributed by atoms with E-state index in [1.807, 2.05) is 26.8 Å². The van der Waals surface area contributed by atoms with Gasteiger partial charge in [-0.3, -0.25) is 5.10 Å². The zero-order valence-corrected chi connectivity index (χ0v) is 10.8. The Hall–Kier alpha value is -1.95. The van der Waals surface area contributed by atoms with Crippen molar-refractivity contribution in [2.75, 3.05) is 5.32 Å². The van der Waals surface area contributed by atoms with Crippen molar-refractivity contribution in [1.29, 1.82) is 0 Å². The van der Waals surface area contributed by atoms with Gasteiger partial charge in [0.05, 0.1) is 12.2 Å². The molecule has 96 valence electrons. The number of aromatic amines is 1. The fourth-order valence-corrected chi connectivity index (χ4v) is 1.67. The summed E-state index contributed by atoms with van der Waals surface area (Å²) in [6.07, 6.45) is 0. The molecule has 0 amide bonds. The highest BCUT2D eigenvalue weighted by molar-refractivity contribution is 5.37. The maximum atomic E-state index is 9.05. The minimum Gasteiger partial charge on any atom is -0.388 e. The van der Waals surface area contributed by atoms with Crippen LogP contribution in [0.4, 0.5) is 5.82 Å². The number of hydrogen-bond donors (Lipinski definition) is 3. The monoisotopic (exact) mass is 247 g/mol. The van der Waals surface area contributed by atoms with Gasteiger partial charge in [0.25, 0.3) is 0 Å². The van der Waals surface area contributed by atoms with Gasteiger partial charge in [0.15, 0.2) is 5.82 Å². The molecule has 2 aromatic rings. The third kappa shape index (κ3) is 2.65. The molecule has 0 spiro atoms. The molecule has 0 saturated carbocycles. The average molecular weight is 247 g/mol. The molecule has 0 saturated heterocycles. The third-order valence-electron chi connectivity index (χ3n) is 2.83. The number of aryl methyl sites for hydroxylation is 2. The second-order valence-corrected chi connectivity index (χ2v) is 4.24. The molecule has 0 radical (unpaired) electrons. The second kappa shape index (κ2) is 5.14. The summed E-state index contributed by atoms with van der Waals surface area (Å²) in [5, 5.41) is 19.4. The normalized spacial score (nSPS) is 10.7. The van der Waals surface area contributed by atoms with Crippen LogP contribution in [-0.2, 0) is 13.2 Å². The van der Waals surface area contributed by atoms with Crippen molar-refractivity contribution in [2.45, 2.75) is 33.9 Å². The lowest BCUT2D eigenvalue weighted by Crippen LogP contribution is -2.06. The van der Waals surface area contributed by atoms with Gasteiger partial charge < -0.3 is 10.4 Å². The van der Waals surface area contributed by atoms with Crippen LogP contribution >= 0.6 is 0 Å². The number of H-pyrrole nitrogens is 1. The molecule has 2 aromatic heterocycles. The Morgan fingerprint density at radius 1 is 1.28 bits per heavy atom. The van der Waals surface area contributed by atoms with Crippen molar-refractivity contribution in [3.63, 3.8) is 0 Å². The molecule has 0 aliphatic carbocycles. The highest BCUT2D eigenvalue weighted by Crippen LogP contribution is 2.12. The lowest BCUT2D eigenvalue weighted by atomic mass is 10.2. The van der Waals surface area contributed by atoms with Gasteiger partial charge in [-0.25, -0.2) is 9.97 Å². The van der Waals surface area contributed by atoms with E-state index >= 15 is 0 Å². The Bertz CT molecular complexity index is 549. The number of rotatable bonds is 4. The van der Waals surface area contributed by atoms with Crippen LogP contribution in [0.3, 0.4) is 0 Å². The zero-order chi connectivity index (χ0) is 13.1. The van der Waals surface area contributed by atoms with Crippen molar-refractivity contribution in [2.24, 2.45) is 0 Å². The Morgan fingerprint density at radius 3 is 2.67 bits per heavy atom. The van der Waals surface area contributed by atoms with Gasteiger partial charge >= 0.3 is 0 Å². The van der Waals surface area contributed by atoms with Crippen LogP contribution in [0.25, 0.3) is 0 Å². The molecule has 18 heavy (non-hydrogen) atoms. The molecule has 2 heterocycles. The maximum Gasteiger partial charge on any atom is 0.156 e. The molecule has 2 rings (SSSR count). The number of aliphatic hydroxyl groups excluding tert-OH is 1. The fraction of sp³-hybridized carbons (Fsp3) is 0.417. The zero-order valence-electron chi connectivity index (χ0n) is 10.8. The van der Waals surface area contributed by atoms with E-state index in [-0.39, 0.29) is 6.61 Å². The lowest BCUT2D eigenvalue weighted by Gasteiger charge is -2.06. The molecular formula is C12H17N5O. The molecule has 0 unspecified atom stereocenters. The number of aliphatic hydroxyl groups is 1. The van der Waals surface area contributed by atoms with Crippen LogP contribution in [-0.4, -0.2) is 25.3 Å². The molecule has 0 fully saturated rings. The van der Waals surface area contributed by atoms with Crippen LogP contribution in [0.5, 0.6) is 0 Å². The van der Waals surface area contributed by atoms with Gasteiger partial charge in [0.1, 0.15) is 12.4 Å². The molecule has 0 atom stereocenters. The minimum absolute atomic E-state index is 0.156. The van der Waals surface area contributed by atoms with Crippen LogP contribution in [0.1, 0.15) is 28.5 Å². The molecule has 0 aliphatic rings. The molecule has 0 aliphatic heterocycles. The van der Waals surface area contributed by atoms with Gasteiger partial charge in [-0.2, -0.15) is 5.10 Å². The van der Waals surface area contributed by atoms with Crippen LogP contribution < -0.4 is 5.32 Å². The molecule has 6 nitrogen and oxygen atoms in total. The van der Waals surface area contributed by atoms with Gasteiger partial charge in [-0.05, 0) is 26.3 Å². The summed E-state index contributed by atoms with van der Waals surface area (Å²) >= 11 is 0. The van der Waals surface area contributed by atoms with Crippen molar-refractivity contribution in [1.82, 2.24) is 20.2 Å². The SMILES string of the molecule is Cc1cc(NCc2n[nH]c(C)c2C)nc(CO)n1. The van der Waals surface area contributed by atoms with Crippen molar-refractivity contribution in [3.05, 3.63) is 34.5 Å². The molecule has 6 heteroatoms. The number of hydrogen-bond acceptors (Lipinski definition) is 5. The fourth-order valence-electron chi connectivity index (χ4n) is 1.67. The number of anilines is 1. The van der Waals surface area contributed by atoms with Gasteiger partial charge in [0, 0.05) is 17.5 Å². The average Bonchev–Trinajstić information content (AvgIpc) is 2.67. The smallest absolute Gasteiger partial charge is 0.156 e. The number of nitrogens with zero attached hydrogens (tertiary/aromatic N) is 3. The molecule has 3 N–H and O–H groups in total. The maximum absolute atomic E-state index is 9.05. The summed E-state index contributed by atoms with van der Waals surface area (Å²) in [5.74, 6) is 1.12. The first-order valence-electron chi connectivity index (χ1n) is 5.80. The van der Waals surface area contributed by atoms with E-state index in [1.54, 1.807) is 0 Å². The van der Waals surface area contributed by atoms with E-state index in [0.29, 0.717) is 18.2 Å². The van der Waals surface area contributed by atoms with E-state index in [0.717, 1.165) is 22.6 Å². The Balaban J connectivity index is 2.10.